The van der Waals surface area contributed by atoms with Crippen molar-refractivity contribution in [2.75, 3.05) is 14.2 Å². The quantitative estimate of drug-likeness (QED) is 0.813. The maximum atomic E-state index is 12.1. The van der Waals surface area contributed by atoms with Gasteiger partial charge in [-0.05, 0) is 36.1 Å². The Morgan fingerprint density at radius 1 is 0.727 bits per heavy atom. The van der Waals surface area contributed by atoms with Crippen LogP contribution in [0.15, 0.2) is 36.4 Å². The Morgan fingerprint density at radius 2 is 1.09 bits per heavy atom. The molecule has 0 aliphatic rings. The van der Waals surface area contributed by atoms with E-state index in [2.05, 4.69) is 0 Å². The molecule has 2 aromatic carbocycles. The number of ether oxygens (including phenoxy) is 2. The van der Waals surface area contributed by atoms with Gasteiger partial charge in [-0.15, -0.1) is 0 Å². The van der Waals surface area contributed by atoms with E-state index in [9.17, 15) is 9.59 Å². The summed E-state index contributed by atoms with van der Waals surface area (Å²) in [6.07, 6.45) is 0. The second-order valence-corrected chi connectivity index (χ2v) is 4.98. The molecule has 0 aromatic heterocycles. The summed E-state index contributed by atoms with van der Waals surface area (Å²) < 4.78 is 9.76. The van der Waals surface area contributed by atoms with Gasteiger partial charge < -0.3 is 9.47 Å². The largest absolute Gasteiger partial charge is 0.465 e. The average Bonchev–Trinajstić information content (AvgIpc) is 2.53. The monoisotopic (exact) mass is 298 g/mol. The van der Waals surface area contributed by atoms with E-state index in [-0.39, 0.29) is 0 Å². The van der Waals surface area contributed by atoms with Crippen LogP contribution in [0.2, 0.25) is 0 Å². The molecule has 4 nitrogen and oxygen atoms in total. The second kappa shape index (κ2) is 6.43. The molecule has 0 saturated carbocycles. The van der Waals surface area contributed by atoms with Crippen LogP contribution >= 0.6 is 0 Å². The highest BCUT2D eigenvalue weighted by atomic mass is 16.5. The van der Waals surface area contributed by atoms with Crippen molar-refractivity contribution in [1.29, 1.82) is 0 Å². The molecular weight excluding hydrogens is 280 g/mol. The van der Waals surface area contributed by atoms with E-state index in [4.69, 9.17) is 9.47 Å². The van der Waals surface area contributed by atoms with E-state index in [1.165, 1.54) is 14.2 Å². The molecule has 0 bridgehead atoms. The van der Waals surface area contributed by atoms with E-state index in [1.54, 1.807) is 12.1 Å². The lowest BCUT2D eigenvalue weighted by molar-refractivity contribution is 0.0589. The number of hydrogen-bond donors (Lipinski definition) is 0. The fourth-order valence-electron chi connectivity index (χ4n) is 2.53. The van der Waals surface area contributed by atoms with Crippen LogP contribution in [-0.4, -0.2) is 26.2 Å². The highest BCUT2D eigenvalue weighted by Gasteiger charge is 2.21. The first-order valence-electron chi connectivity index (χ1n) is 6.87. The Kier molecular flexibility index (Phi) is 4.61. The van der Waals surface area contributed by atoms with Gasteiger partial charge in [-0.2, -0.15) is 0 Å². The lowest BCUT2D eigenvalue weighted by atomic mass is 9.91. The minimum atomic E-state index is -0.426. The van der Waals surface area contributed by atoms with Crippen molar-refractivity contribution in [2.24, 2.45) is 0 Å². The number of carbonyl (C=O) groups excluding carboxylic acids is 2. The third-order valence-corrected chi connectivity index (χ3v) is 3.61. The van der Waals surface area contributed by atoms with E-state index in [0.717, 1.165) is 11.1 Å². The summed E-state index contributed by atoms with van der Waals surface area (Å²) in [5.41, 5.74) is 3.83. The molecule has 114 valence electrons. The standard InChI is InChI=1S/C18H18O4/c1-11-7-5-9-13(15(11)17(19)21-3)14-10-6-8-12(2)16(14)18(20)22-4/h5-10H,1-4H3. The molecule has 22 heavy (non-hydrogen) atoms. The molecule has 0 atom stereocenters. The SMILES string of the molecule is COC(=O)c1c(C)cccc1-c1cccc(C)c1C(=O)OC. The van der Waals surface area contributed by atoms with Crippen LogP contribution in [0.4, 0.5) is 0 Å². The first kappa shape index (κ1) is 15.8. The molecule has 0 heterocycles. The van der Waals surface area contributed by atoms with Gasteiger partial charge in [0.2, 0.25) is 0 Å². The second-order valence-electron chi connectivity index (χ2n) is 4.98. The molecule has 0 radical (unpaired) electrons. The summed E-state index contributed by atoms with van der Waals surface area (Å²) in [5, 5.41) is 0. The molecule has 0 aliphatic carbocycles. The maximum Gasteiger partial charge on any atom is 0.338 e. The van der Waals surface area contributed by atoms with Gasteiger partial charge in [0.05, 0.1) is 25.3 Å². The van der Waals surface area contributed by atoms with Crippen molar-refractivity contribution in [3.05, 3.63) is 58.7 Å². The molecule has 4 heteroatoms. The van der Waals surface area contributed by atoms with Gasteiger partial charge in [0.1, 0.15) is 0 Å². The number of rotatable bonds is 3. The maximum absolute atomic E-state index is 12.1. The van der Waals surface area contributed by atoms with E-state index >= 15 is 0 Å². The molecule has 0 unspecified atom stereocenters. The molecule has 2 rings (SSSR count). The number of carbonyl (C=O) groups is 2. The highest BCUT2D eigenvalue weighted by molar-refractivity contribution is 6.04. The fourth-order valence-corrected chi connectivity index (χ4v) is 2.53. The molecule has 0 saturated heterocycles. The van der Waals surface area contributed by atoms with Gasteiger partial charge in [0.25, 0.3) is 0 Å². The first-order chi connectivity index (χ1) is 10.5. The normalized spacial score (nSPS) is 10.2. The number of benzene rings is 2. The van der Waals surface area contributed by atoms with Crippen LogP contribution in [0.5, 0.6) is 0 Å². The topological polar surface area (TPSA) is 52.6 Å². The summed E-state index contributed by atoms with van der Waals surface area (Å²) >= 11 is 0. The van der Waals surface area contributed by atoms with Crippen LogP contribution in [-0.2, 0) is 9.47 Å². The summed E-state index contributed by atoms with van der Waals surface area (Å²) in [7, 11) is 2.69. The van der Waals surface area contributed by atoms with Crippen LogP contribution < -0.4 is 0 Å². The van der Waals surface area contributed by atoms with Crippen LogP contribution in [0.25, 0.3) is 11.1 Å². The number of hydrogen-bond acceptors (Lipinski definition) is 4. The third kappa shape index (κ3) is 2.72. The van der Waals surface area contributed by atoms with E-state index in [0.29, 0.717) is 22.3 Å². The zero-order valence-electron chi connectivity index (χ0n) is 13.1. The van der Waals surface area contributed by atoms with Crippen molar-refractivity contribution in [3.8, 4) is 11.1 Å². The number of aryl methyl sites for hydroxylation is 2. The predicted molar refractivity (Wildman–Crippen MR) is 84.0 cm³/mol. The Morgan fingerprint density at radius 3 is 1.41 bits per heavy atom. The molecule has 0 spiro atoms. The summed E-state index contributed by atoms with van der Waals surface area (Å²) in [6.45, 7) is 3.67. The van der Waals surface area contributed by atoms with Crippen molar-refractivity contribution in [3.63, 3.8) is 0 Å². The van der Waals surface area contributed by atoms with Crippen molar-refractivity contribution in [1.82, 2.24) is 0 Å². The molecule has 0 N–H and O–H groups in total. The third-order valence-electron chi connectivity index (χ3n) is 3.61. The Balaban J connectivity index is 2.79. The fraction of sp³-hybridized carbons (Fsp3) is 0.222. The van der Waals surface area contributed by atoms with Crippen LogP contribution in [0, 0.1) is 13.8 Å². The van der Waals surface area contributed by atoms with Crippen molar-refractivity contribution in [2.45, 2.75) is 13.8 Å². The summed E-state index contributed by atoms with van der Waals surface area (Å²) in [6, 6.07) is 11.0. The Labute approximate surface area is 129 Å². The van der Waals surface area contributed by atoms with Crippen molar-refractivity contribution < 1.29 is 19.1 Å². The molecule has 0 aliphatic heterocycles. The molecular formula is C18H18O4. The minimum Gasteiger partial charge on any atom is -0.465 e. The first-order valence-corrected chi connectivity index (χ1v) is 6.87. The predicted octanol–water partition coefficient (Wildman–Crippen LogP) is 3.54. The lowest BCUT2D eigenvalue weighted by Gasteiger charge is -2.15. The molecule has 2 aromatic rings. The van der Waals surface area contributed by atoms with Gasteiger partial charge in [-0.25, -0.2) is 9.59 Å². The Hall–Kier alpha value is -2.62. The van der Waals surface area contributed by atoms with Crippen LogP contribution in [0.1, 0.15) is 31.8 Å². The zero-order valence-corrected chi connectivity index (χ0v) is 13.1. The lowest BCUT2D eigenvalue weighted by Crippen LogP contribution is -2.10. The smallest absolute Gasteiger partial charge is 0.338 e. The van der Waals surface area contributed by atoms with E-state index < -0.39 is 11.9 Å². The van der Waals surface area contributed by atoms with Gasteiger partial charge in [-0.1, -0.05) is 36.4 Å². The van der Waals surface area contributed by atoms with Gasteiger partial charge in [0.15, 0.2) is 0 Å². The number of esters is 2. The van der Waals surface area contributed by atoms with E-state index in [1.807, 2.05) is 38.1 Å². The zero-order chi connectivity index (χ0) is 16.3. The molecule has 0 fully saturated rings. The summed E-state index contributed by atoms with van der Waals surface area (Å²) in [4.78, 5) is 24.3. The van der Waals surface area contributed by atoms with Gasteiger partial charge in [-0.3, -0.25) is 0 Å². The van der Waals surface area contributed by atoms with Crippen LogP contribution in [0.3, 0.4) is 0 Å². The Bertz CT molecular complexity index is 668. The summed E-state index contributed by atoms with van der Waals surface area (Å²) in [5.74, 6) is -0.851. The average molecular weight is 298 g/mol. The minimum absolute atomic E-state index is 0.426. The molecule has 0 amide bonds. The highest BCUT2D eigenvalue weighted by Crippen LogP contribution is 2.31. The van der Waals surface area contributed by atoms with Gasteiger partial charge >= 0.3 is 11.9 Å². The van der Waals surface area contributed by atoms with Gasteiger partial charge in [0, 0.05) is 0 Å². The van der Waals surface area contributed by atoms with Crippen molar-refractivity contribution >= 4 is 11.9 Å². The number of methoxy groups -OCH3 is 2.